The molecule has 2 aliphatic rings. The van der Waals surface area contributed by atoms with Gasteiger partial charge in [-0.3, -0.25) is 14.5 Å². The molecule has 2 aromatic carbocycles. The summed E-state index contributed by atoms with van der Waals surface area (Å²) in [5.41, 5.74) is 1.66. The molecule has 2 saturated heterocycles. The van der Waals surface area contributed by atoms with Crippen molar-refractivity contribution in [2.75, 3.05) is 36.0 Å². The summed E-state index contributed by atoms with van der Waals surface area (Å²) >= 11 is 12.1. The molecule has 0 radical (unpaired) electrons. The smallest absolute Gasteiger partial charge is 0.251 e. The fourth-order valence-electron chi connectivity index (χ4n) is 3.72. The number of anilines is 2. The Morgan fingerprint density at radius 1 is 0.815 bits per heavy atom. The van der Waals surface area contributed by atoms with Crippen molar-refractivity contribution in [2.24, 2.45) is 0 Å². The molecule has 1 atom stereocenters. The van der Waals surface area contributed by atoms with E-state index in [1.807, 2.05) is 30.3 Å². The predicted octanol–water partition coefficient (Wildman–Crippen LogP) is 3.45. The van der Waals surface area contributed by atoms with E-state index < -0.39 is 0 Å². The first-order valence-electron chi connectivity index (χ1n) is 8.90. The minimum atomic E-state index is -0.381. The number of carbonyl (C=O) groups excluding carboxylic acids is 2. The van der Waals surface area contributed by atoms with Crippen molar-refractivity contribution >= 4 is 46.4 Å². The second kappa shape index (κ2) is 7.50. The van der Waals surface area contributed by atoms with Crippen LogP contribution in [0.15, 0.2) is 48.5 Å². The van der Waals surface area contributed by atoms with E-state index >= 15 is 0 Å². The summed E-state index contributed by atoms with van der Waals surface area (Å²) in [6.07, 6.45) is 0.237. The van der Waals surface area contributed by atoms with Gasteiger partial charge in [0, 0.05) is 31.9 Å². The van der Waals surface area contributed by atoms with Crippen LogP contribution < -0.4 is 9.80 Å². The lowest BCUT2D eigenvalue weighted by Crippen LogP contribution is -2.52. The lowest BCUT2D eigenvalue weighted by molar-refractivity contribution is -0.123. The van der Waals surface area contributed by atoms with Crippen molar-refractivity contribution in [1.82, 2.24) is 4.90 Å². The van der Waals surface area contributed by atoms with E-state index in [0.29, 0.717) is 28.8 Å². The lowest BCUT2D eigenvalue weighted by atomic mass is 10.1. The SMILES string of the molecule is O=C1CC(N2CCN(c3ccc(Cl)c(Cl)c3)CC2)C(=O)N1c1ccccc1. The van der Waals surface area contributed by atoms with Crippen molar-refractivity contribution in [2.45, 2.75) is 12.5 Å². The summed E-state index contributed by atoms with van der Waals surface area (Å²) in [6.45, 7) is 2.96. The molecule has 0 aliphatic carbocycles. The van der Waals surface area contributed by atoms with Crippen molar-refractivity contribution in [3.05, 3.63) is 58.6 Å². The van der Waals surface area contributed by atoms with E-state index in [2.05, 4.69) is 9.80 Å². The number of para-hydroxylation sites is 1. The second-order valence-electron chi connectivity index (χ2n) is 6.74. The molecule has 2 heterocycles. The van der Waals surface area contributed by atoms with Gasteiger partial charge < -0.3 is 4.90 Å². The van der Waals surface area contributed by atoms with Crippen LogP contribution in [0.5, 0.6) is 0 Å². The summed E-state index contributed by atoms with van der Waals surface area (Å²) in [7, 11) is 0. The summed E-state index contributed by atoms with van der Waals surface area (Å²) in [5, 5.41) is 1.07. The minimum Gasteiger partial charge on any atom is -0.369 e. The Hall–Kier alpha value is -2.08. The first kappa shape index (κ1) is 18.3. The fourth-order valence-corrected chi connectivity index (χ4v) is 4.02. The molecule has 5 nitrogen and oxygen atoms in total. The Kier molecular flexibility index (Phi) is 5.08. The van der Waals surface area contributed by atoms with Gasteiger partial charge in [0.05, 0.1) is 28.2 Å². The molecule has 140 valence electrons. The van der Waals surface area contributed by atoms with Crippen LogP contribution >= 0.6 is 23.2 Å². The van der Waals surface area contributed by atoms with Gasteiger partial charge in [0.2, 0.25) is 5.91 Å². The van der Waals surface area contributed by atoms with E-state index in [4.69, 9.17) is 23.2 Å². The van der Waals surface area contributed by atoms with Gasteiger partial charge in [0.15, 0.2) is 0 Å². The zero-order chi connectivity index (χ0) is 19.0. The molecule has 0 spiro atoms. The van der Waals surface area contributed by atoms with Gasteiger partial charge in [-0.25, -0.2) is 4.90 Å². The summed E-state index contributed by atoms with van der Waals surface area (Å²) in [4.78, 5) is 30.9. The van der Waals surface area contributed by atoms with Crippen molar-refractivity contribution in [1.29, 1.82) is 0 Å². The van der Waals surface area contributed by atoms with Crippen LogP contribution in [0.4, 0.5) is 11.4 Å². The third kappa shape index (κ3) is 3.55. The molecule has 2 aromatic rings. The monoisotopic (exact) mass is 403 g/mol. The molecular formula is C20H19Cl2N3O2. The molecule has 0 bridgehead atoms. The lowest BCUT2D eigenvalue weighted by Gasteiger charge is -2.38. The highest BCUT2D eigenvalue weighted by atomic mass is 35.5. The zero-order valence-corrected chi connectivity index (χ0v) is 16.2. The average Bonchev–Trinajstić information content (AvgIpc) is 2.99. The number of hydrogen-bond acceptors (Lipinski definition) is 4. The molecule has 1 unspecified atom stereocenters. The molecule has 0 N–H and O–H groups in total. The van der Waals surface area contributed by atoms with Crippen molar-refractivity contribution in [3.63, 3.8) is 0 Å². The summed E-state index contributed by atoms with van der Waals surface area (Å²) < 4.78 is 0. The van der Waals surface area contributed by atoms with Crippen LogP contribution in [0.3, 0.4) is 0 Å². The minimum absolute atomic E-state index is 0.130. The third-order valence-corrected chi connectivity index (χ3v) is 5.90. The van der Waals surface area contributed by atoms with Crippen molar-refractivity contribution < 1.29 is 9.59 Å². The normalized spacial score (nSPS) is 21.2. The Labute approximate surface area is 168 Å². The maximum Gasteiger partial charge on any atom is 0.251 e. The van der Waals surface area contributed by atoms with Crippen LogP contribution in [0.2, 0.25) is 10.0 Å². The Bertz CT molecular complexity index is 867. The molecule has 2 amide bonds. The van der Waals surface area contributed by atoms with Gasteiger partial charge in [0.25, 0.3) is 5.91 Å². The van der Waals surface area contributed by atoms with Gasteiger partial charge in [-0.05, 0) is 30.3 Å². The number of nitrogens with zero attached hydrogens (tertiary/aromatic N) is 3. The van der Waals surface area contributed by atoms with E-state index in [-0.39, 0.29) is 24.3 Å². The Morgan fingerprint density at radius 2 is 1.52 bits per heavy atom. The van der Waals surface area contributed by atoms with Gasteiger partial charge in [-0.2, -0.15) is 0 Å². The summed E-state index contributed by atoms with van der Waals surface area (Å²) in [5.74, 6) is -0.266. The molecule has 2 fully saturated rings. The first-order valence-corrected chi connectivity index (χ1v) is 9.66. The van der Waals surface area contributed by atoms with Crippen LogP contribution in [0.25, 0.3) is 0 Å². The number of rotatable bonds is 3. The van der Waals surface area contributed by atoms with Crippen LogP contribution in [0, 0.1) is 0 Å². The largest absolute Gasteiger partial charge is 0.369 e. The fraction of sp³-hybridized carbons (Fsp3) is 0.300. The molecule has 4 rings (SSSR count). The predicted molar refractivity (Wildman–Crippen MR) is 108 cm³/mol. The number of hydrogen-bond donors (Lipinski definition) is 0. The quantitative estimate of drug-likeness (QED) is 0.736. The number of carbonyl (C=O) groups is 2. The van der Waals surface area contributed by atoms with Gasteiger partial charge in [0.1, 0.15) is 0 Å². The van der Waals surface area contributed by atoms with Gasteiger partial charge in [-0.1, -0.05) is 41.4 Å². The standard InChI is InChI=1S/C20H19Cl2N3O2/c21-16-7-6-15(12-17(16)22)23-8-10-24(11-9-23)18-13-19(26)25(20(18)27)14-4-2-1-3-5-14/h1-7,12,18H,8-11,13H2. The molecule has 27 heavy (non-hydrogen) atoms. The van der Waals surface area contributed by atoms with Crippen LogP contribution in [0.1, 0.15) is 6.42 Å². The van der Waals surface area contributed by atoms with E-state index in [9.17, 15) is 9.59 Å². The average molecular weight is 404 g/mol. The van der Waals surface area contributed by atoms with Crippen LogP contribution in [-0.2, 0) is 9.59 Å². The highest BCUT2D eigenvalue weighted by Gasteiger charge is 2.43. The van der Waals surface area contributed by atoms with Crippen LogP contribution in [-0.4, -0.2) is 48.9 Å². The first-order chi connectivity index (χ1) is 13.0. The molecule has 0 saturated carbocycles. The number of halogens is 2. The molecular weight excluding hydrogens is 385 g/mol. The molecule has 7 heteroatoms. The number of amides is 2. The van der Waals surface area contributed by atoms with E-state index in [1.165, 1.54) is 4.90 Å². The van der Waals surface area contributed by atoms with E-state index in [1.54, 1.807) is 18.2 Å². The molecule has 0 aromatic heterocycles. The van der Waals surface area contributed by atoms with E-state index in [0.717, 1.165) is 18.8 Å². The topological polar surface area (TPSA) is 43.9 Å². The van der Waals surface area contributed by atoms with Crippen molar-refractivity contribution in [3.8, 4) is 0 Å². The third-order valence-electron chi connectivity index (χ3n) is 5.16. The zero-order valence-electron chi connectivity index (χ0n) is 14.6. The number of benzene rings is 2. The number of piperazine rings is 1. The Morgan fingerprint density at radius 3 is 2.19 bits per heavy atom. The van der Waals surface area contributed by atoms with Gasteiger partial charge >= 0.3 is 0 Å². The maximum absolute atomic E-state index is 12.9. The second-order valence-corrected chi connectivity index (χ2v) is 7.56. The Balaban J connectivity index is 1.43. The molecule has 2 aliphatic heterocycles. The van der Waals surface area contributed by atoms with Gasteiger partial charge in [-0.15, -0.1) is 0 Å². The highest BCUT2D eigenvalue weighted by molar-refractivity contribution is 6.42. The highest BCUT2D eigenvalue weighted by Crippen LogP contribution is 2.29. The number of imide groups is 1. The maximum atomic E-state index is 12.9. The summed E-state index contributed by atoms with van der Waals surface area (Å²) in [6, 6.07) is 14.3.